The van der Waals surface area contributed by atoms with Crippen molar-refractivity contribution in [3.63, 3.8) is 0 Å². The molecule has 1 heterocycles. The van der Waals surface area contributed by atoms with E-state index in [0.717, 1.165) is 12.2 Å². The molecule has 0 N–H and O–H groups in total. The normalized spacial score (nSPS) is 15.2. The SMILES string of the molecule is CC(C)CCC(=O)OCc1nncn1C1CC1. The summed E-state index contributed by atoms with van der Waals surface area (Å²) in [5, 5.41) is 7.84. The van der Waals surface area contributed by atoms with Crippen LogP contribution in [0.3, 0.4) is 0 Å². The van der Waals surface area contributed by atoms with Crippen molar-refractivity contribution in [3.8, 4) is 0 Å². The van der Waals surface area contributed by atoms with E-state index in [1.807, 2.05) is 4.57 Å². The Morgan fingerprint density at radius 2 is 2.35 bits per heavy atom. The number of ether oxygens (including phenoxy) is 1. The molecule has 1 aromatic heterocycles. The number of esters is 1. The lowest BCUT2D eigenvalue weighted by atomic mass is 10.1. The molecule has 2 rings (SSSR count). The standard InChI is InChI=1S/C12H19N3O2/c1-9(2)3-6-12(16)17-7-11-14-13-8-15(11)10-4-5-10/h8-10H,3-7H2,1-2H3. The van der Waals surface area contributed by atoms with Crippen LogP contribution in [0.5, 0.6) is 0 Å². The molecule has 0 amide bonds. The zero-order chi connectivity index (χ0) is 12.3. The molecule has 0 bridgehead atoms. The largest absolute Gasteiger partial charge is 0.457 e. The van der Waals surface area contributed by atoms with Crippen molar-refractivity contribution >= 4 is 5.97 Å². The van der Waals surface area contributed by atoms with Gasteiger partial charge in [-0.1, -0.05) is 13.8 Å². The third-order valence-corrected chi connectivity index (χ3v) is 2.88. The highest BCUT2D eigenvalue weighted by Crippen LogP contribution is 2.35. The van der Waals surface area contributed by atoms with Crippen LogP contribution in [0.1, 0.15) is 51.4 Å². The minimum absolute atomic E-state index is 0.149. The van der Waals surface area contributed by atoms with E-state index in [1.165, 1.54) is 12.8 Å². The minimum atomic E-state index is -0.149. The minimum Gasteiger partial charge on any atom is -0.457 e. The van der Waals surface area contributed by atoms with Gasteiger partial charge in [-0.05, 0) is 25.2 Å². The third kappa shape index (κ3) is 3.54. The summed E-state index contributed by atoms with van der Waals surface area (Å²) in [5.41, 5.74) is 0. The van der Waals surface area contributed by atoms with E-state index in [2.05, 4.69) is 24.0 Å². The van der Waals surface area contributed by atoms with Crippen molar-refractivity contribution in [2.24, 2.45) is 5.92 Å². The summed E-state index contributed by atoms with van der Waals surface area (Å²) in [6.45, 7) is 4.43. The fourth-order valence-corrected chi connectivity index (χ4v) is 1.65. The molecule has 1 aliphatic rings. The van der Waals surface area contributed by atoms with Gasteiger partial charge in [0.05, 0.1) is 0 Å². The zero-order valence-corrected chi connectivity index (χ0v) is 10.4. The summed E-state index contributed by atoms with van der Waals surface area (Å²) in [6, 6.07) is 0.523. The molecule has 1 saturated carbocycles. The fourth-order valence-electron chi connectivity index (χ4n) is 1.65. The van der Waals surface area contributed by atoms with Crippen LogP contribution in [0.25, 0.3) is 0 Å². The first kappa shape index (κ1) is 12.1. The Morgan fingerprint density at radius 1 is 1.59 bits per heavy atom. The van der Waals surface area contributed by atoms with Gasteiger partial charge in [0.15, 0.2) is 12.4 Å². The van der Waals surface area contributed by atoms with Crippen LogP contribution in [0, 0.1) is 5.92 Å². The maximum Gasteiger partial charge on any atom is 0.306 e. The van der Waals surface area contributed by atoms with Crippen molar-refractivity contribution in [1.82, 2.24) is 14.8 Å². The first-order valence-corrected chi connectivity index (χ1v) is 6.21. The monoisotopic (exact) mass is 237 g/mol. The summed E-state index contributed by atoms with van der Waals surface area (Å²) in [6.07, 6.45) is 5.41. The van der Waals surface area contributed by atoms with Gasteiger partial charge in [-0.25, -0.2) is 0 Å². The summed E-state index contributed by atoms with van der Waals surface area (Å²) in [7, 11) is 0. The number of hydrogen-bond donors (Lipinski definition) is 0. The van der Waals surface area contributed by atoms with Gasteiger partial charge in [0, 0.05) is 12.5 Å². The van der Waals surface area contributed by atoms with Gasteiger partial charge in [0.2, 0.25) is 0 Å². The van der Waals surface area contributed by atoms with Crippen LogP contribution < -0.4 is 0 Å². The van der Waals surface area contributed by atoms with E-state index in [0.29, 0.717) is 18.4 Å². The second-order valence-corrected chi connectivity index (χ2v) is 4.98. The Balaban J connectivity index is 1.77. The highest BCUT2D eigenvalue weighted by atomic mass is 16.5. The smallest absolute Gasteiger partial charge is 0.306 e. The number of carbonyl (C=O) groups is 1. The Bertz CT molecular complexity index is 383. The molecule has 0 spiro atoms. The second-order valence-electron chi connectivity index (χ2n) is 4.98. The maximum absolute atomic E-state index is 11.5. The van der Waals surface area contributed by atoms with Crippen LogP contribution in [0.4, 0.5) is 0 Å². The number of carbonyl (C=O) groups excluding carboxylic acids is 1. The lowest BCUT2D eigenvalue weighted by molar-refractivity contribution is -0.145. The average molecular weight is 237 g/mol. The van der Waals surface area contributed by atoms with Crippen LogP contribution in [0.15, 0.2) is 6.33 Å². The lowest BCUT2D eigenvalue weighted by Gasteiger charge is -2.07. The van der Waals surface area contributed by atoms with Crippen molar-refractivity contribution in [3.05, 3.63) is 12.2 Å². The topological polar surface area (TPSA) is 57.0 Å². The molecule has 1 aromatic rings. The molecule has 0 radical (unpaired) electrons. The molecule has 5 nitrogen and oxygen atoms in total. The number of aromatic nitrogens is 3. The van der Waals surface area contributed by atoms with E-state index >= 15 is 0 Å². The molecule has 0 saturated heterocycles. The lowest BCUT2D eigenvalue weighted by Crippen LogP contribution is -2.09. The van der Waals surface area contributed by atoms with Crippen LogP contribution in [-0.4, -0.2) is 20.7 Å². The molecule has 94 valence electrons. The molecule has 0 aromatic carbocycles. The number of nitrogens with zero attached hydrogens (tertiary/aromatic N) is 3. The van der Waals surface area contributed by atoms with Gasteiger partial charge in [0.1, 0.15) is 6.33 Å². The van der Waals surface area contributed by atoms with Gasteiger partial charge in [-0.2, -0.15) is 0 Å². The van der Waals surface area contributed by atoms with E-state index in [-0.39, 0.29) is 12.6 Å². The Kier molecular flexibility index (Phi) is 3.76. The van der Waals surface area contributed by atoms with Gasteiger partial charge < -0.3 is 9.30 Å². The third-order valence-electron chi connectivity index (χ3n) is 2.88. The summed E-state index contributed by atoms with van der Waals surface area (Å²) in [4.78, 5) is 11.5. The molecule has 17 heavy (non-hydrogen) atoms. The quantitative estimate of drug-likeness (QED) is 0.711. The van der Waals surface area contributed by atoms with Gasteiger partial charge in [-0.15, -0.1) is 10.2 Å². The zero-order valence-electron chi connectivity index (χ0n) is 10.4. The molecular weight excluding hydrogens is 218 g/mol. The molecule has 0 aliphatic heterocycles. The van der Waals surface area contributed by atoms with Crippen molar-refractivity contribution in [2.45, 2.75) is 52.2 Å². The van der Waals surface area contributed by atoms with Crippen molar-refractivity contribution in [2.75, 3.05) is 0 Å². The maximum atomic E-state index is 11.5. The van der Waals surface area contributed by atoms with E-state index in [4.69, 9.17) is 4.74 Å². The predicted molar refractivity (Wildman–Crippen MR) is 62.2 cm³/mol. The van der Waals surface area contributed by atoms with Crippen LogP contribution >= 0.6 is 0 Å². The Labute approximate surface area is 101 Å². The molecular formula is C12H19N3O2. The number of rotatable bonds is 6. The predicted octanol–water partition coefficient (Wildman–Crippen LogP) is 2.09. The van der Waals surface area contributed by atoms with Crippen molar-refractivity contribution in [1.29, 1.82) is 0 Å². The van der Waals surface area contributed by atoms with E-state index in [9.17, 15) is 4.79 Å². The van der Waals surface area contributed by atoms with E-state index < -0.39 is 0 Å². The van der Waals surface area contributed by atoms with Gasteiger partial charge >= 0.3 is 5.97 Å². The molecule has 5 heteroatoms. The van der Waals surface area contributed by atoms with Gasteiger partial charge in [-0.3, -0.25) is 4.79 Å². The second kappa shape index (κ2) is 5.29. The fraction of sp³-hybridized carbons (Fsp3) is 0.750. The van der Waals surface area contributed by atoms with E-state index in [1.54, 1.807) is 6.33 Å². The first-order valence-electron chi connectivity index (χ1n) is 6.21. The molecule has 1 fully saturated rings. The average Bonchev–Trinajstić information content (AvgIpc) is 3.03. The highest BCUT2D eigenvalue weighted by Gasteiger charge is 2.26. The first-order chi connectivity index (χ1) is 8.16. The van der Waals surface area contributed by atoms with Crippen molar-refractivity contribution < 1.29 is 9.53 Å². The number of hydrogen-bond acceptors (Lipinski definition) is 4. The van der Waals surface area contributed by atoms with Crippen LogP contribution in [0.2, 0.25) is 0 Å². The summed E-state index contributed by atoms with van der Waals surface area (Å²) in [5.74, 6) is 1.13. The Hall–Kier alpha value is -1.39. The Morgan fingerprint density at radius 3 is 3.00 bits per heavy atom. The summed E-state index contributed by atoms with van der Waals surface area (Å²) >= 11 is 0. The van der Waals surface area contributed by atoms with Gasteiger partial charge in [0.25, 0.3) is 0 Å². The molecule has 1 aliphatic carbocycles. The molecule has 0 unspecified atom stereocenters. The van der Waals surface area contributed by atoms with Crippen LogP contribution in [-0.2, 0) is 16.1 Å². The highest BCUT2D eigenvalue weighted by molar-refractivity contribution is 5.69. The summed E-state index contributed by atoms with van der Waals surface area (Å²) < 4.78 is 7.20. The molecule has 0 atom stereocenters.